The third-order valence-electron chi connectivity index (χ3n) is 2.87. The quantitative estimate of drug-likeness (QED) is 0.843. The number of ketones is 1. The van der Waals surface area contributed by atoms with Gasteiger partial charge in [0, 0.05) is 12.2 Å². The smallest absolute Gasteiger partial charge is 0.211 e. The Morgan fingerprint density at radius 3 is 2.74 bits per heavy atom. The lowest BCUT2D eigenvalue weighted by molar-refractivity contribution is -0.117. The van der Waals surface area contributed by atoms with Gasteiger partial charge in [0.2, 0.25) is 5.12 Å². The fourth-order valence-electron chi connectivity index (χ4n) is 1.94. The molecule has 0 spiro atoms. The van der Waals surface area contributed by atoms with Crippen LogP contribution in [0.4, 0.5) is 0 Å². The zero-order valence-corrected chi connectivity index (χ0v) is 12.1. The Morgan fingerprint density at radius 2 is 2.11 bits per heavy atom. The molecule has 5 heteroatoms. The van der Waals surface area contributed by atoms with Gasteiger partial charge < -0.3 is 5.32 Å². The first-order valence-electron chi connectivity index (χ1n) is 6.17. The van der Waals surface area contributed by atoms with Crippen LogP contribution in [0.2, 0.25) is 0 Å². The van der Waals surface area contributed by atoms with Gasteiger partial charge in [-0.25, -0.2) is 0 Å². The summed E-state index contributed by atoms with van der Waals surface area (Å²) in [4.78, 5) is 23.8. The van der Waals surface area contributed by atoms with E-state index < -0.39 is 0 Å². The lowest BCUT2D eigenvalue weighted by Crippen LogP contribution is -2.37. The van der Waals surface area contributed by atoms with E-state index in [1.54, 1.807) is 0 Å². The second-order valence-corrected chi connectivity index (χ2v) is 6.05. The van der Waals surface area contributed by atoms with Crippen LogP contribution < -0.4 is 5.32 Å². The van der Waals surface area contributed by atoms with Crippen molar-refractivity contribution in [3.63, 3.8) is 0 Å². The zero-order valence-electron chi connectivity index (χ0n) is 10.4. The molecule has 3 nitrogen and oxygen atoms in total. The molecule has 1 saturated heterocycles. The molecule has 1 aromatic rings. The molecule has 19 heavy (non-hydrogen) atoms. The Bertz CT molecular complexity index is 487. The van der Waals surface area contributed by atoms with Crippen LogP contribution in [-0.2, 0) is 16.0 Å². The fraction of sp³-hybridized carbons (Fsp3) is 0.357. The Balaban J connectivity index is 1.79. The number of Topliss-reactive ketones (excluding diaryl/α,β-unsaturated/α-hetero) is 1. The van der Waals surface area contributed by atoms with Crippen LogP contribution in [0, 0.1) is 0 Å². The van der Waals surface area contributed by atoms with E-state index in [2.05, 4.69) is 5.32 Å². The Morgan fingerprint density at radius 1 is 1.37 bits per heavy atom. The topological polar surface area (TPSA) is 46.2 Å². The second-order valence-electron chi connectivity index (χ2n) is 4.45. The van der Waals surface area contributed by atoms with Crippen LogP contribution in [-0.4, -0.2) is 27.7 Å². The molecule has 0 aromatic heterocycles. The van der Waals surface area contributed by atoms with Crippen molar-refractivity contribution in [3.8, 4) is 0 Å². The van der Waals surface area contributed by atoms with Gasteiger partial charge in [0.05, 0.1) is 17.5 Å². The highest BCUT2D eigenvalue weighted by Gasteiger charge is 2.25. The predicted octanol–water partition coefficient (Wildman–Crippen LogP) is 2.14. The van der Waals surface area contributed by atoms with Crippen LogP contribution in [0.3, 0.4) is 0 Å². The van der Waals surface area contributed by atoms with Crippen molar-refractivity contribution in [1.29, 1.82) is 0 Å². The maximum Gasteiger partial charge on any atom is 0.211 e. The summed E-state index contributed by atoms with van der Waals surface area (Å²) in [5, 5.41) is 3.11. The van der Waals surface area contributed by atoms with Crippen LogP contribution >= 0.6 is 24.0 Å². The van der Waals surface area contributed by atoms with E-state index in [9.17, 15) is 9.59 Å². The molecule has 1 fully saturated rings. The number of carbonyl (C=O) groups excluding carboxylic acids is 2. The standard InChI is InChI=1S/C14H15NO2S2/c16-11(8-10-4-2-1-3-5-10)9-13(18)15-12-6-7-19-14(12)17/h1-5,12H,6-9H2,(H,15,18). The van der Waals surface area contributed by atoms with E-state index in [1.807, 2.05) is 30.3 Å². The van der Waals surface area contributed by atoms with E-state index >= 15 is 0 Å². The highest BCUT2D eigenvalue weighted by Crippen LogP contribution is 2.19. The van der Waals surface area contributed by atoms with Crippen LogP contribution in [0.1, 0.15) is 18.4 Å². The van der Waals surface area contributed by atoms with Gasteiger partial charge in [0.25, 0.3) is 0 Å². The number of thioether (sulfide) groups is 1. The summed E-state index contributed by atoms with van der Waals surface area (Å²) in [7, 11) is 0. The van der Waals surface area contributed by atoms with Gasteiger partial charge in [0.15, 0.2) is 0 Å². The number of nitrogens with one attached hydrogen (secondary N) is 1. The van der Waals surface area contributed by atoms with Crippen molar-refractivity contribution in [3.05, 3.63) is 35.9 Å². The van der Waals surface area contributed by atoms with Crippen molar-refractivity contribution in [2.75, 3.05) is 5.75 Å². The summed E-state index contributed by atoms with van der Waals surface area (Å²) in [6.45, 7) is 0. The van der Waals surface area contributed by atoms with Crippen LogP contribution in [0.25, 0.3) is 0 Å². The summed E-state index contributed by atoms with van der Waals surface area (Å²) in [6.07, 6.45) is 1.38. The first-order chi connectivity index (χ1) is 9.15. The second kappa shape index (κ2) is 6.82. The number of thiocarbonyl (C=S) groups is 1. The number of hydrogen-bond acceptors (Lipinski definition) is 4. The van der Waals surface area contributed by atoms with Crippen molar-refractivity contribution in [2.24, 2.45) is 0 Å². The summed E-state index contributed by atoms with van der Waals surface area (Å²) >= 11 is 6.47. The molecule has 0 bridgehead atoms. The van der Waals surface area contributed by atoms with Crippen LogP contribution in [0.15, 0.2) is 30.3 Å². The van der Waals surface area contributed by atoms with Crippen molar-refractivity contribution in [2.45, 2.75) is 25.3 Å². The summed E-state index contributed by atoms with van der Waals surface area (Å²) in [5.41, 5.74) is 0.989. The van der Waals surface area contributed by atoms with Crippen molar-refractivity contribution < 1.29 is 9.59 Å². The van der Waals surface area contributed by atoms with Gasteiger partial charge >= 0.3 is 0 Å². The Hall–Kier alpha value is -1.20. The summed E-state index contributed by atoms with van der Waals surface area (Å²) in [6, 6.07) is 9.38. The molecule has 1 aliphatic rings. The minimum atomic E-state index is -0.206. The molecule has 0 amide bonds. The fourth-order valence-corrected chi connectivity index (χ4v) is 3.17. The monoisotopic (exact) mass is 293 g/mol. The van der Waals surface area contributed by atoms with E-state index in [4.69, 9.17) is 12.2 Å². The van der Waals surface area contributed by atoms with Gasteiger partial charge in [0.1, 0.15) is 5.78 Å². The van der Waals surface area contributed by atoms with Crippen molar-refractivity contribution in [1.82, 2.24) is 5.32 Å². The van der Waals surface area contributed by atoms with E-state index in [0.29, 0.717) is 11.4 Å². The largest absolute Gasteiger partial charge is 0.369 e. The maximum absolute atomic E-state index is 11.9. The van der Waals surface area contributed by atoms with E-state index in [0.717, 1.165) is 17.7 Å². The van der Waals surface area contributed by atoms with Gasteiger partial charge in [-0.2, -0.15) is 0 Å². The summed E-state index contributed by atoms with van der Waals surface area (Å²) < 4.78 is 0. The third kappa shape index (κ3) is 4.44. The molecule has 1 heterocycles. The highest BCUT2D eigenvalue weighted by molar-refractivity contribution is 8.14. The molecular formula is C14H15NO2S2. The minimum absolute atomic E-state index is 0.0711. The minimum Gasteiger partial charge on any atom is -0.369 e. The van der Waals surface area contributed by atoms with Gasteiger partial charge in [-0.05, 0) is 12.0 Å². The van der Waals surface area contributed by atoms with Gasteiger partial charge in [-0.1, -0.05) is 54.3 Å². The first kappa shape index (κ1) is 14.2. The normalized spacial score (nSPS) is 18.3. The number of hydrogen-bond donors (Lipinski definition) is 1. The average molecular weight is 293 g/mol. The Kier molecular flexibility index (Phi) is 5.10. The van der Waals surface area contributed by atoms with E-state index in [-0.39, 0.29) is 23.4 Å². The third-order valence-corrected chi connectivity index (χ3v) is 4.14. The molecule has 1 N–H and O–H groups in total. The lowest BCUT2D eigenvalue weighted by Gasteiger charge is -2.12. The predicted molar refractivity (Wildman–Crippen MR) is 81.4 cm³/mol. The number of carbonyl (C=O) groups is 2. The average Bonchev–Trinajstić information content (AvgIpc) is 2.76. The van der Waals surface area contributed by atoms with Gasteiger partial charge in [-0.3, -0.25) is 9.59 Å². The molecule has 0 radical (unpaired) electrons. The number of benzene rings is 1. The zero-order chi connectivity index (χ0) is 13.7. The Labute approximate surface area is 122 Å². The molecule has 1 aliphatic heterocycles. The van der Waals surface area contributed by atoms with Gasteiger partial charge in [-0.15, -0.1) is 0 Å². The molecule has 0 aliphatic carbocycles. The number of rotatable bonds is 5. The molecule has 2 rings (SSSR count). The van der Waals surface area contributed by atoms with E-state index in [1.165, 1.54) is 11.8 Å². The molecule has 100 valence electrons. The summed E-state index contributed by atoms with van der Waals surface area (Å²) in [5.74, 6) is 0.902. The van der Waals surface area contributed by atoms with Crippen molar-refractivity contribution >= 4 is 39.9 Å². The molecular weight excluding hydrogens is 278 g/mol. The highest BCUT2D eigenvalue weighted by atomic mass is 32.2. The first-order valence-corrected chi connectivity index (χ1v) is 7.56. The molecule has 1 unspecified atom stereocenters. The molecule has 1 aromatic carbocycles. The SMILES string of the molecule is O=C(CC(=S)NC1CCSC1=O)Cc1ccccc1. The lowest BCUT2D eigenvalue weighted by atomic mass is 10.1. The van der Waals surface area contributed by atoms with Crippen LogP contribution in [0.5, 0.6) is 0 Å². The maximum atomic E-state index is 11.9. The molecule has 0 saturated carbocycles. The molecule has 1 atom stereocenters.